The molecule has 0 aromatic heterocycles. The molecule has 4 nitrogen and oxygen atoms in total. The third kappa shape index (κ3) is 2.44. The van der Waals surface area contributed by atoms with Gasteiger partial charge in [-0.3, -0.25) is 4.90 Å². The van der Waals surface area contributed by atoms with Crippen molar-refractivity contribution in [2.24, 2.45) is 11.7 Å². The maximum Gasteiger partial charge on any atom is 0.0731 e. The Labute approximate surface area is 110 Å². The molecule has 1 saturated carbocycles. The van der Waals surface area contributed by atoms with Crippen LogP contribution in [0.4, 0.5) is 0 Å². The zero-order valence-electron chi connectivity index (χ0n) is 11.2. The average molecular weight is 254 g/mol. The number of hydrogen-bond acceptors (Lipinski definition) is 4. The predicted molar refractivity (Wildman–Crippen MR) is 70.5 cm³/mol. The Morgan fingerprint density at radius 3 is 2.72 bits per heavy atom. The standard InChI is InChI=1S/C14H26N2O2/c15-10-13(11-4-7-17-8-5-11)16-6-9-18-14-3-1-2-12(14)16/h11-14H,1-10,15H2. The molecule has 3 unspecified atom stereocenters. The first-order chi connectivity index (χ1) is 8.90. The Bertz CT molecular complexity index is 269. The Morgan fingerprint density at radius 2 is 1.94 bits per heavy atom. The van der Waals surface area contributed by atoms with Crippen molar-refractivity contribution in [2.75, 3.05) is 32.9 Å². The van der Waals surface area contributed by atoms with E-state index in [1.165, 1.54) is 32.1 Å². The SMILES string of the molecule is NCC(C1CCOCC1)N1CCOC2CCCC21. The molecule has 3 aliphatic rings. The van der Waals surface area contributed by atoms with E-state index in [9.17, 15) is 0 Å². The van der Waals surface area contributed by atoms with Crippen molar-refractivity contribution >= 4 is 0 Å². The third-order valence-electron chi connectivity index (χ3n) is 5.00. The van der Waals surface area contributed by atoms with E-state index in [1.54, 1.807) is 0 Å². The van der Waals surface area contributed by atoms with Crippen molar-refractivity contribution in [3.8, 4) is 0 Å². The van der Waals surface area contributed by atoms with E-state index >= 15 is 0 Å². The van der Waals surface area contributed by atoms with Gasteiger partial charge in [-0.05, 0) is 38.0 Å². The molecular formula is C14H26N2O2. The molecule has 0 amide bonds. The molecule has 0 aromatic carbocycles. The number of nitrogens with two attached hydrogens (primary N) is 1. The lowest BCUT2D eigenvalue weighted by atomic mass is 9.89. The Hall–Kier alpha value is -0.160. The smallest absolute Gasteiger partial charge is 0.0731 e. The normalized spacial score (nSPS) is 36.5. The molecule has 0 aromatic rings. The van der Waals surface area contributed by atoms with E-state index in [0.29, 0.717) is 18.2 Å². The quantitative estimate of drug-likeness (QED) is 0.816. The summed E-state index contributed by atoms with van der Waals surface area (Å²) >= 11 is 0. The number of nitrogens with zero attached hydrogens (tertiary/aromatic N) is 1. The number of morpholine rings is 1. The molecule has 2 aliphatic heterocycles. The van der Waals surface area contributed by atoms with Gasteiger partial charge in [0.1, 0.15) is 0 Å². The van der Waals surface area contributed by atoms with Gasteiger partial charge in [0.05, 0.1) is 12.7 Å². The third-order valence-corrected chi connectivity index (χ3v) is 5.00. The van der Waals surface area contributed by atoms with Gasteiger partial charge >= 0.3 is 0 Å². The molecule has 18 heavy (non-hydrogen) atoms. The molecule has 0 radical (unpaired) electrons. The predicted octanol–water partition coefficient (Wildman–Crippen LogP) is 0.994. The van der Waals surface area contributed by atoms with Gasteiger partial charge in [0, 0.05) is 38.4 Å². The minimum absolute atomic E-state index is 0.479. The van der Waals surface area contributed by atoms with Gasteiger partial charge in [-0.15, -0.1) is 0 Å². The number of rotatable bonds is 3. The van der Waals surface area contributed by atoms with Crippen LogP contribution in [-0.4, -0.2) is 56.0 Å². The molecule has 104 valence electrons. The highest BCUT2D eigenvalue weighted by molar-refractivity contribution is 4.94. The van der Waals surface area contributed by atoms with E-state index in [4.69, 9.17) is 15.2 Å². The lowest BCUT2D eigenvalue weighted by molar-refractivity contribution is -0.0867. The molecule has 1 aliphatic carbocycles. The molecule has 2 N–H and O–H groups in total. The zero-order valence-corrected chi connectivity index (χ0v) is 11.2. The van der Waals surface area contributed by atoms with E-state index in [-0.39, 0.29) is 0 Å². The minimum atomic E-state index is 0.479. The first-order valence-corrected chi connectivity index (χ1v) is 7.55. The fourth-order valence-corrected chi connectivity index (χ4v) is 4.07. The summed E-state index contributed by atoms with van der Waals surface area (Å²) in [5.41, 5.74) is 6.09. The van der Waals surface area contributed by atoms with Crippen molar-refractivity contribution < 1.29 is 9.47 Å². The van der Waals surface area contributed by atoms with Crippen LogP contribution in [0.3, 0.4) is 0 Å². The highest BCUT2D eigenvalue weighted by Gasteiger charge is 2.41. The van der Waals surface area contributed by atoms with Gasteiger partial charge in [0.15, 0.2) is 0 Å². The Balaban J connectivity index is 1.69. The lowest BCUT2D eigenvalue weighted by Crippen LogP contribution is -2.57. The Kier molecular flexibility index (Phi) is 4.19. The topological polar surface area (TPSA) is 47.7 Å². The molecule has 0 bridgehead atoms. The summed E-state index contributed by atoms with van der Waals surface area (Å²) in [5.74, 6) is 0.725. The highest BCUT2D eigenvalue weighted by atomic mass is 16.5. The summed E-state index contributed by atoms with van der Waals surface area (Å²) in [7, 11) is 0. The van der Waals surface area contributed by atoms with Crippen LogP contribution in [0.25, 0.3) is 0 Å². The summed E-state index contributed by atoms with van der Waals surface area (Å²) in [6.07, 6.45) is 6.69. The van der Waals surface area contributed by atoms with Gasteiger partial charge in [0.2, 0.25) is 0 Å². The second-order valence-corrected chi connectivity index (χ2v) is 5.90. The largest absolute Gasteiger partial charge is 0.381 e. The van der Waals surface area contributed by atoms with Crippen molar-refractivity contribution in [2.45, 2.75) is 50.3 Å². The maximum atomic E-state index is 6.09. The monoisotopic (exact) mass is 254 g/mol. The maximum absolute atomic E-state index is 6.09. The fraction of sp³-hybridized carbons (Fsp3) is 1.00. The van der Waals surface area contributed by atoms with E-state index in [2.05, 4.69) is 4.90 Å². The van der Waals surface area contributed by atoms with Gasteiger partial charge in [-0.1, -0.05) is 0 Å². The van der Waals surface area contributed by atoms with Crippen LogP contribution < -0.4 is 5.73 Å². The summed E-state index contributed by atoms with van der Waals surface area (Å²) in [6, 6.07) is 1.18. The number of fused-ring (bicyclic) bond motifs is 1. The van der Waals surface area contributed by atoms with Crippen molar-refractivity contribution in [1.82, 2.24) is 4.90 Å². The molecule has 3 atom stereocenters. The second-order valence-electron chi connectivity index (χ2n) is 5.90. The Morgan fingerprint density at radius 1 is 1.11 bits per heavy atom. The zero-order chi connectivity index (χ0) is 12.4. The molecule has 3 fully saturated rings. The molecule has 0 spiro atoms. The summed E-state index contributed by atoms with van der Waals surface area (Å²) < 4.78 is 11.4. The van der Waals surface area contributed by atoms with E-state index in [0.717, 1.165) is 38.8 Å². The lowest BCUT2D eigenvalue weighted by Gasteiger charge is -2.45. The van der Waals surface area contributed by atoms with Crippen LogP contribution >= 0.6 is 0 Å². The van der Waals surface area contributed by atoms with E-state index in [1.807, 2.05) is 0 Å². The van der Waals surface area contributed by atoms with Gasteiger partial charge in [-0.2, -0.15) is 0 Å². The van der Waals surface area contributed by atoms with Crippen molar-refractivity contribution in [3.05, 3.63) is 0 Å². The van der Waals surface area contributed by atoms with Crippen LogP contribution in [0.5, 0.6) is 0 Å². The summed E-state index contributed by atoms with van der Waals surface area (Å²) in [4.78, 5) is 2.68. The van der Waals surface area contributed by atoms with Crippen LogP contribution in [0.1, 0.15) is 32.1 Å². The minimum Gasteiger partial charge on any atom is -0.381 e. The average Bonchev–Trinajstić information content (AvgIpc) is 2.90. The van der Waals surface area contributed by atoms with Crippen LogP contribution in [0.15, 0.2) is 0 Å². The van der Waals surface area contributed by atoms with Crippen molar-refractivity contribution in [1.29, 1.82) is 0 Å². The fourth-order valence-electron chi connectivity index (χ4n) is 4.07. The summed E-state index contributed by atoms with van der Waals surface area (Å²) in [6.45, 7) is 4.58. The first kappa shape index (κ1) is 12.9. The molecule has 4 heteroatoms. The molecule has 2 saturated heterocycles. The van der Waals surface area contributed by atoms with Gasteiger partial charge < -0.3 is 15.2 Å². The number of hydrogen-bond donors (Lipinski definition) is 1. The van der Waals surface area contributed by atoms with Crippen LogP contribution in [-0.2, 0) is 9.47 Å². The van der Waals surface area contributed by atoms with Crippen LogP contribution in [0, 0.1) is 5.92 Å². The first-order valence-electron chi connectivity index (χ1n) is 7.55. The van der Waals surface area contributed by atoms with Gasteiger partial charge in [0.25, 0.3) is 0 Å². The molecular weight excluding hydrogens is 228 g/mol. The highest BCUT2D eigenvalue weighted by Crippen LogP contribution is 2.34. The molecule has 2 heterocycles. The van der Waals surface area contributed by atoms with Crippen LogP contribution in [0.2, 0.25) is 0 Å². The van der Waals surface area contributed by atoms with Crippen molar-refractivity contribution in [3.63, 3.8) is 0 Å². The second kappa shape index (κ2) is 5.87. The molecule has 3 rings (SSSR count). The van der Waals surface area contributed by atoms with E-state index < -0.39 is 0 Å². The number of ether oxygens (including phenoxy) is 2. The summed E-state index contributed by atoms with van der Waals surface area (Å²) in [5, 5.41) is 0. The van der Waals surface area contributed by atoms with Gasteiger partial charge in [-0.25, -0.2) is 0 Å².